The molecule has 0 amide bonds. The van der Waals surface area contributed by atoms with Crippen molar-refractivity contribution >= 4 is 34.0 Å². The summed E-state index contributed by atoms with van der Waals surface area (Å²) >= 11 is 7.80. The van der Waals surface area contributed by atoms with Crippen LogP contribution in [0.2, 0.25) is 0 Å². The van der Waals surface area contributed by atoms with Gasteiger partial charge in [-0.2, -0.15) is 4.98 Å². The second-order valence-electron chi connectivity index (χ2n) is 4.90. The van der Waals surface area contributed by atoms with E-state index in [0.717, 1.165) is 21.6 Å². The second-order valence-corrected chi connectivity index (χ2v) is 6.25. The van der Waals surface area contributed by atoms with Crippen molar-refractivity contribution in [2.75, 3.05) is 0 Å². The van der Waals surface area contributed by atoms with Crippen molar-refractivity contribution in [1.82, 2.24) is 10.1 Å². The molecule has 0 saturated carbocycles. The molecule has 0 fully saturated rings. The van der Waals surface area contributed by atoms with Gasteiger partial charge in [-0.05, 0) is 60.2 Å². The molecule has 22 heavy (non-hydrogen) atoms. The van der Waals surface area contributed by atoms with E-state index in [1.165, 1.54) is 11.3 Å². The Morgan fingerprint density at radius 1 is 1.32 bits per heavy atom. The van der Waals surface area contributed by atoms with Crippen molar-refractivity contribution in [3.8, 4) is 16.5 Å². The summed E-state index contributed by atoms with van der Waals surface area (Å²) in [6.07, 6.45) is 1.74. The van der Waals surface area contributed by atoms with E-state index in [4.69, 9.17) is 16.1 Å². The quantitative estimate of drug-likeness (QED) is 0.744. The average Bonchev–Trinajstić information content (AvgIpc) is 3.15. The smallest absolute Gasteiger partial charge is 0.269 e. The molecule has 0 saturated heterocycles. The zero-order valence-corrected chi connectivity index (χ0v) is 13.6. The molecular weight excluding hydrogens is 320 g/mol. The van der Waals surface area contributed by atoms with Crippen molar-refractivity contribution < 1.29 is 9.63 Å². The fourth-order valence-electron chi connectivity index (χ4n) is 2.11. The maximum Gasteiger partial charge on any atom is 0.269 e. The van der Waals surface area contributed by atoms with Gasteiger partial charge in [0.1, 0.15) is 10.8 Å². The first kappa shape index (κ1) is 14.8. The molecule has 0 atom stereocenters. The summed E-state index contributed by atoms with van der Waals surface area (Å²) in [5, 5.41) is 16.0. The summed E-state index contributed by atoms with van der Waals surface area (Å²) in [5.74, 6) is 1.09. The molecule has 0 aliphatic heterocycles. The molecule has 0 aliphatic rings. The van der Waals surface area contributed by atoms with Crippen molar-refractivity contribution in [3.63, 3.8) is 0 Å². The lowest BCUT2D eigenvalue weighted by Gasteiger charge is -2.04. The lowest BCUT2D eigenvalue weighted by atomic mass is 10.1. The summed E-state index contributed by atoms with van der Waals surface area (Å²) in [6, 6.07) is 7.54. The molecule has 4 nitrogen and oxygen atoms in total. The van der Waals surface area contributed by atoms with Gasteiger partial charge in [0.2, 0.25) is 5.82 Å². The van der Waals surface area contributed by atoms with Gasteiger partial charge in [0.25, 0.3) is 5.89 Å². The molecule has 0 unspecified atom stereocenters. The highest BCUT2D eigenvalue weighted by atomic mass is 35.5. The highest BCUT2D eigenvalue weighted by Crippen LogP contribution is 2.28. The Morgan fingerprint density at radius 3 is 2.68 bits per heavy atom. The molecule has 3 rings (SSSR count). The number of hydrogen-bond donors (Lipinski definition) is 1. The van der Waals surface area contributed by atoms with Crippen molar-refractivity contribution in [3.05, 3.63) is 52.2 Å². The summed E-state index contributed by atoms with van der Waals surface area (Å²) in [6.45, 7) is 3.68. The van der Waals surface area contributed by atoms with E-state index in [9.17, 15) is 5.11 Å². The van der Waals surface area contributed by atoms with Crippen LogP contribution < -0.4 is 0 Å². The third kappa shape index (κ3) is 2.91. The van der Waals surface area contributed by atoms with Crippen LogP contribution >= 0.6 is 22.9 Å². The number of phenols is 1. The van der Waals surface area contributed by atoms with Gasteiger partial charge in [0, 0.05) is 0 Å². The molecule has 3 aromatic rings. The van der Waals surface area contributed by atoms with Gasteiger partial charge in [-0.15, -0.1) is 11.3 Å². The average molecular weight is 333 g/mol. The van der Waals surface area contributed by atoms with E-state index >= 15 is 0 Å². The Kier molecular flexibility index (Phi) is 4.00. The largest absolute Gasteiger partial charge is 0.507 e. The van der Waals surface area contributed by atoms with Crippen LogP contribution in [0.4, 0.5) is 0 Å². The minimum absolute atomic E-state index is 0.272. The first-order chi connectivity index (χ1) is 10.5. The van der Waals surface area contributed by atoms with Gasteiger partial charge >= 0.3 is 0 Å². The number of hydrogen-bond acceptors (Lipinski definition) is 5. The molecule has 1 aromatic carbocycles. The van der Waals surface area contributed by atoms with Crippen LogP contribution in [0.3, 0.4) is 0 Å². The summed E-state index contributed by atoms with van der Waals surface area (Å²) in [5.41, 5.74) is 2.45. The fraction of sp³-hybridized carbons (Fsp3) is 0.125. The molecule has 6 heteroatoms. The van der Waals surface area contributed by atoms with Crippen LogP contribution in [-0.2, 0) is 0 Å². The second kappa shape index (κ2) is 5.94. The van der Waals surface area contributed by atoms with Gasteiger partial charge in [-0.1, -0.05) is 22.8 Å². The number of aromatic nitrogens is 2. The highest BCUT2D eigenvalue weighted by molar-refractivity contribution is 7.13. The molecule has 0 aliphatic carbocycles. The van der Waals surface area contributed by atoms with Gasteiger partial charge in [-0.25, -0.2) is 0 Å². The molecule has 2 heterocycles. The monoisotopic (exact) mass is 332 g/mol. The zero-order valence-electron chi connectivity index (χ0n) is 12.0. The zero-order chi connectivity index (χ0) is 15.7. The van der Waals surface area contributed by atoms with E-state index < -0.39 is 0 Å². The molecule has 0 bridgehead atoms. The third-order valence-corrected chi connectivity index (χ3v) is 4.32. The van der Waals surface area contributed by atoms with Crippen LogP contribution in [0.1, 0.15) is 22.6 Å². The Bertz CT molecular complexity index is 815. The van der Waals surface area contributed by atoms with E-state index in [1.54, 1.807) is 6.08 Å². The minimum Gasteiger partial charge on any atom is -0.507 e. The molecular formula is C16H13ClN2O2S. The van der Waals surface area contributed by atoms with E-state index in [1.807, 2.05) is 43.5 Å². The first-order valence-electron chi connectivity index (χ1n) is 6.60. The normalized spacial score (nSPS) is 11.9. The third-order valence-electron chi connectivity index (χ3n) is 3.18. The molecule has 1 N–H and O–H groups in total. The maximum atomic E-state index is 9.80. The lowest BCUT2D eigenvalue weighted by molar-refractivity contribution is 0.410. The Hall–Kier alpha value is -2.11. The SMILES string of the molecule is Cc1cc(C=C(Cl)c2nc(-c3cccs3)no2)cc(C)c1O. The number of rotatable bonds is 3. The van der Waals surface area contributed by atoms with Crippen LogP contribution in [0.25, 0.3) is 21.8 Å². The van der Waals surface area contributed by atoms with Crippen LogP contribution in [-0.4, -0.2) is 15.2 Å². The van der Waals surface area contributed by atoms with Crippen LogP contribution in [0.5, 0.6) is 5.75 Å². The number of benzene rings is 1. The molecule has 0 spiro atoms. The van der Waals surface area contributed by atoms with Gasteiger partial charge in [-0.3, -0.25) is 0 Å². The number of phenolic OH excluding ortho intramolecular Hbond substituents is 1. The minimum atomic E-state index is 0.272. The topological polar surface area (TPSA) is 59.2 Å². The van der Waals surface area contributed by atoms with Gasteiger partial charge in [0.05, 0.1) is 4.88 Å². The number of aryl methyl sites for hydroxylation is 2. The first-order valence-corrected chi connectivity index (χ1v) is 7.85. The lowest BCUT2D eigenvalue weighted by Crippen LogP contribution is -1.84. The Labute approximate surface area is 136 Å². The highest BCUT2D eigenvalue weighted by Gasteiger charge is 2.12. The van der Waals surface area contributed by atoms with Gasteiger partial charge in [0.15, 0.2) is 0 Å². The van der Waals surface area contributed by atoms with Crippen molar-refractivity contribution in [1.29, 1.82) is 0 Å². The fourth-order valence-corrected chi connectivity index (χ4v) is 2.96. The molecule has 2 aromatic heterocycles. The number of nitrogens with zero attached hydrogens (tertiary/aromatic N) is 2. The number of thiophene rings is 1. The molecule has 0 radical (unpaired) electrons. The number of halogens is 1. The number of aromatic hydroxyl groups is 1. The van der Waals surface area contributed by atoms with E-state index in [0.29, 0.717) is 16.6 Å². The Morgan fingerprint density at radius 2 is 2.05 bits per heavy atom. The van der Waals surface area contributed by atoms with E-state index in [2.05, 4.69) is 10.1 Å². The van der Waals surface area contributed by atoms with Gasteiger partial charge < -0.3 is 9.63 Å². The Balaban J connectivity index is 1.92. The van der Waals surface area contributed by atoms with Crippen LogP contribution in [0.15, 0.2) is 34.2 Å². The van der Waals surface area contributed by atoms with Crippen LogP contribution in [0, 0.1) is 13.8 Å². The summed E-state index contributed by atoms with van der Waals surface area (Å²) in [7, 11) is 0. The predicted molar refractivity (Wildman–Crippen MR) is 88.9 cm³/mol. The summed E-state index contributed by atoms with van der Waals surface area (Å²) < 4.78 is 5.20. The predicted octanol–water partition coefficient (Wildman–Crippen LogP) is 4.86. The summed E-state index contributed by atoms with van der Waals surface area (Å²) in [4.78, 5) is 5.22. The molecule has 112 valence electrons. The van der Waals surface area contributed by atoms with Crippen molar-refractivity contribution in [2.24, 2.45) is 0 Å². The maximum absolute atomic E-state index is 9.80. The van der Waals surface area contributed by atoms with Crippen molar-refractivity contribution in [2.45, 2.75) is 13.8 Å². The standard InChI is InChI=1S/C16H13ClN2O2S/c1-9-6-11(7-10(2)14(9)20)8-12(17)16-18-15(19-21-16)13-4-3-5-22-13/h3-8,20H,1-2H3. The van der Waals surface area contributed by atoms with E-state index in [-0.39, 0.29) is 5.89 Å².